The standard InChI is InChI=1S/C17H15F3N2O3S/c1-10-8-12(3-4-13(10)19)22-7-6-15(17(22)23)21-26(24,25)16-5-2-11(18)9-14(16)20/h2-5,8-9,15,21H,6-7H2,1H3/t15-/m0/s1. The molecule has 2 aromatic carbocycles. The van der Waals surface area contributed by atoms with Crippen LogP contribution in [0.4, 0.5) is 18.9 Å². The zero-order valence-electron chi connectivity index (χ0n) is 13.7. The lowest BCUT2D eigenvalue weighted by Crippen LogP contribution is -2.41. The summed E-state index contributed by atoms with van der Waals surface area (Å²) in [7, 11) is -4.34. The molecule has 0 unspecified atom stereocenters. The molecule has 1 fully saturated rings. The minimum absolute atomic E-state index is 0.164. The highest BCUT2D eigenvalue weighted by Gasteiger charge is 2.36. The zero-order chi connectivity index (χ0) is 19.1. The minimum Gasteiger partial charge on any atom is -0.311 e. The summed E-state index contributed by atoms with van der Waals surface area (Å²) in [5.41, 5.74) is 0.802. The van der Waals surface area contributed by atoms with Gasteiger partial charge in [-0.15, -0.1) is 0 Å². The van der Waals surface area contributed by atoms with Crippen molar-refractivity contribution in [3.63, 3.8) is 0 Å². The van der Waals surface area contributed by atoms with Gasteiger partial charge in [-0.25, -0.2) is 21.6 Å². The van der Waals surface area contributed by atoms with Crippen LogP contribution < -0.4 is 9.62 Å². The van der Waals surface area contributed by atoms with Gasteiger partial charge < -0.3 is 4.90 Å². The fourth-order valence-corrected chi connectivity index (χ4v) is 4.07. The molecule has 0 bridgehead atoms. The Kier molecular flexibility index (Phi) is 4.76. The first-order valence-corrected chi connectivity index (χ1v) is 9.22. The van der Waals surface area contributed by atoms with Crippen LogP contribution >= 0.6 is 0 Å². The molecule has 1 heterocycles. The number of hydrogen-bond donors (Lipinski definition) is 1. The average molecular weight is 384 g/mol. The Balaban J connectivity index is 1.81. The van der Waals surface area contributed by atoms with Crippen LogP contribution in [-0.4, -0.2) is 26.9 Å². The number of hydrogen-bond acceptors (Lipinski definition) is 3. The van der Waals surface area contributed by atoms with E-state index in [0.29, 0.717) is 17.3 Å². The highest BCUT2D eigenvalue weighted by molar-refractivity contribution is 7.89. The van der Waals surface area contributed by atoms with Crippen molar-refractivity contribution in [1.82, 2.24) is 4.72 Å². The maximum atomic E-state index is 13.8. The number of halogens is 3. The number of aryl methyl sites for hydroxylation is 1. The van der Waals surface area contributed by atoms with Crippen LogP contribution in [-0.2, 0) is 14.8 Å². The number of anilines is 1. The molecule has 0 radical (unpaired) electrons. The van der Waals surface area contributed by atoms with Gasteiger partial charge in [0, 0.05) is 18.3 Å². The summed E-state index contributed by atoms with van der Waals surface area (Å²) in [6, 6.07) is 5.13. The van der Waals surface area contributed by atoms with Crippen LogP contribution in [0, 0.1) is 24.4 Å². The predicted octanol–water partition coefficient (Wildman–Crippen LogP) is 2.50. The van der Waals surface area contributed by atoms with E-state index in [1.165, 1.54) is 23.1 Å². The molecule has 1 aliphatic rings. The number of sulfonamides is 1. The van der Waals surface area contributed by atoms with Crippen LogP contribution in [0.5, 0.6) is 0 Å². The summed E-state index contributed by atoms with van der Waals surface area (Å²) in [6.45, 7) is 1.78. The van der Waals surface area contributed by atoms with Crippen molar-refractivity contribution in [3.8, 4) is 0 Å². The van der Waals surface area contributed by atoms with Gasteiger partial charge in [-0.05, 0) is 49.2 Å². The van der Waals surface area contributed by atoms with Crippen molar-refractivity contribution in [2.45, 2.75) is 24.3 Å². The molecule has 1 aliphatic heterocycles. The quantitative estimate of drug-likeness (QED) is 0.881. The molecule has 2 aromatic rings. The third-order valence-corrected chi connectivity index (χ3v) is 5.64. The normalized spacial score (nSPS) is 17.8. The number of nitrogens with zero attached hydrogens (tertiary/aromatic N) is 1. The summed E-state index contributed by atoms with van der Waals surface area (Å²) in [4.78, 5) is 13.1. The SMILES string of the molecule is Cc1cc(N2CC[C@H](NS(=O)(=O)c3ccc(F)cc3F)C2=O)ccc1F. The Morgan fingerprint density at radius 2 is 1.81 bits per heavy atom. The Bertz CT molecular complexity index is 979. The van der Waals surface area contributed by atoms with Crippen molar-refractivity contribution < 1.29 is 26.4 Å². The van der Waals surface area contributed by atoms with Crippen LogP contribution in [0.1, 0.15) is 12.0 Å². The van der Waals surface area contributed by atoms with Gasteiger partial charge >= 0.3 is 0 Å². The maximum absolute atomic E-state index is 13.8. The molecule has 1 N–H and O–H groups in total. The zero-order valence-corrected chi connectivity index (χ0v) is 14.5. The molecular formula is C17H15F3N2O3S. The van der Waals surface area contributed by atoms with Gasteiger partial charge in [0.1, 0.15) is 28.4 Å². The minimum atomic E-state index is -4.34. The second kappa shape index (κ2) is 6.73. The number of amides is 1. The van der Waals surface area contributed by atoms with Gasteiger partial charge in [0.15, 0.2) is 0 Å². The van der Waals surface area contributed by atoms with Crippen LogP contribution in [0.25, 0.3) is 0 Å². The first kappa shape index (κ1) is 18.4. The van der Waals surface area contributed by atoms with Gasteiger partial charge in [0.2, 0.25) is 15.9 Å². The van der Waals surface area contributed by atoms with Crippen LogP contribution in [0.15, 0.2) is 41.3 Å². The molecule has 0 spiro atoms. The van der Waals surface area contributed by atoms with Crippen LogP contribution in [0.3, 0.4) is 0 Å². The fraction of sp³-hybridized carbons (Fsp3) is 0.235. The topological polar surface area (TPSA) is 66.5 Å². The van der Waals surface area contributed by atoms with Gasteiger partial charge in [-0.2, -0.15) is 4.72 Å². The van der Waals surface area contributed by atoms with E-state index in [1.807, 2.05) is 0 Å². The number of carbonyl (C=O) groups is 1. The molecule has 1 atom stereocenters. The average Bonchev–Trinajstić information content (AvgIpc) is 2.90. The molecule has 5 nitrogen and oxygen atoms in total. The fourth-order valence-electron chi connectivity index (χ4n) is 2.79. The van der Waals surface area contributed by atoms with E-state index in [-0.39, 0.29) is 13.0 Å². The molecule has 9 heteroatoms. The first-order valence-electron chi connectivity index (χ1n) is 7.74. The summed E-state index contributed by atoms with van der Waals surface area (Å²) in [5, 5.41) is 0. The lowest BCUT2D eigenvalue weighted by molar-refractivity contribution is -0.118. The largest absolute Gasteiger partial charge is 0.311 e. The van der Waals surface area contributed by atoms with E-state index in [9.17, 15) is 26.4 Å². The van der Waals surface area contributed by atoms with E-state index in [0.717, 1.165) is 12.1 Å². The lowest BCUT2D eigenvalue weighted by Gasteiger charge is -2.18. The molecule has 0 saturated carbocycles. The highest BCUT2D eigenvalue weighted by Crippen LogP contribution is 2.25. The Labute approximate surface area is 148 Å². The Hall–Kier alpha value is -2.39. The van der Waals surface area contributed by atoms with Gasteiger partial charge in [-0.1, -0.05) is 0 Å². The molecule has 0 aliphatic carbocycles. The summed E-state index contributed by atoms with van der Waals surface area (Å²) in [6.07, 6.45) is 0.164. The van der Waals surface area contributed by atoms with Crippen molar-refractivity contribution in [2.75, 3.05) is 11.4 Å². The number of rotatable bonds is 4. The Morgan fingerprint density at radius 3 is 2.46 bits per heavy atom. The van der Waals surface area contributed by atoms with Crippen molar-refractivity contribution in [3.05, 3.63) is 59.4 Å². The predicted molar refractivity (Wildman–Crippen MR) is 88.6 cm³/mol. The van der Waals surface area contributed by atoms with Gasteiger partial charge in [0.05, 0.1) is 0 Å². The molecule has 138 valence electrons. The molecule has 26 heavy (non-hydrogen) atoms. The van der Waals surface area contributed by atoms with E-state index in [2.05, 4.69) is 4.72 Å². The van der Waals surface area contributed by atoms with Crippen molar-refractivity contribution in [1.29, 1.82) is 0 Å². The van der Waals surface area contributed by atoms with Crippen molar-refractivity contribution in [2.24, 2.45) is 0 Å². The molecule has 1 saturated heterocycles. The third kappa shape index (κ3) is 3.45. The van der Waals surface area contributed by atoms with E-state index < -0.39 is 44.3 Å². The molecular weight excluding hydrogens is 369 g/mol. The number of carbonyl (C=O) groups excluding carboxylic acids is 1. The van der Waals surface area contributed by atoms with E-state index in [4.69, 9.17) is 0 Å². The third-order valence-electron chi connectivity index (χ3n) is 4.14. The summed E-state index contributed by atoms with van der Waals surface area (Å²) >= 11 is 0. The molecule has 1 amide bonds. The van der Waals surface area contributed by atoms with Gasteiger partial charge in [-0.3, -0.25) is 4.79 Å². The second-order valence-corrected chi connectivity index (χ2v) is 7.64. The number of benzene rings is 2. The van der Waals surface area contributed by atoms with E-state index in [1.54, 1.807) is 6.92 Å². The molecule has 3 rings (SSSR count). The summed E-state index contributed by atoms with van der Waals surface area (Å²) < 4.78 is 66.9. The first-order chi connectivity index (χ1) is 12.2. The lowest BCUT2D eigenvalue weighted by atomic mass is 10.2. The monoisotopic (exact) mass is 384 g/mol. The van der Waals surface area contributed by atoms with E-state index >= 15 is 0 Å². The second-order valence-electron chi connectivity index (χ2n) is 5.96. The van der Waals surface area contributed by atoms with Crippen molar-refractivity contribution >= 4 is 21.6 Å². The summed E-state index contributed by atoms with van der Waals surface area (Å²) in [5.74, 6) is -3.09. The maximum Gasteiger partial charge on any atom is 0.245 e. The smallest absolute Gasteiger partial charge is 0.245 e. The highest BCUT2D eigenvalue weighted by atomic mass is 32.2. The number of nitrogens with one attached hydrogen (secondary N) is 1. The van der Waals surface area contributed by atoms with Crippen LogP contribution in [0.2, 0.25) is 0 Å². The molecule has 0 aromatic heterocycles. The Morgan fingerprint density at radius 1 is 1.08 bits per heavy atom. The van der Waals surface area contributed by atoms with Gasteiger partial charge in [0.25, 0.3) is 0 Å².